The molecule has 1 aliphatic heterocycles. The molecule has 0 radical (unpaired) electrons. The summed E-state index contributed by atoms with van der Waals surface area (Å²) in [6.07, 6.45) is 0.751. The second-order valence-corrected chi connectivity index (χ2v) is 8.78. The predicted molar refractivity (Wildman–Crippen MR) is 127 cm³/mol. The summed E-state index contributed by atoms with van der Waals surface area (Å²) >= 11 is 0. The Bertz CT molecular complexity index is 1330. The number of hydrogen-bond donors (Lipinski definition) is 2. The third-order valence-electron chi connectivity index (χ3n) is 6.16. The van der Waals surface area contributed by atoms with E-state index in [1.54, 1.807) is 19.1 Å². The number of anilines is 1. The molecule has 1 aliphatic rings. The Hall–Kier alpha value is -3.81. The Labute approximate surface area is 197 Å². The molecule has 0 aliphatic carbocycles. The number of pyridine rings is 2. The van der Waals surface area contributed by atoms with Crippen LogP contribution in [0.5, 0.6) is 0 Å². The maximum Gasteiger partial charge on any atom is 0.275 e. The lowest BCUT2D eigenvalue weighted by molar-refractivity contribution is -0.122. The van der Waals surface area contributed by atoms with Gasteiger partial charge in [0, 0.05) is 29.5 Å². The van der Waals surface area contributed by atoms with E-state index >= 15 is 0 Å². The number of nitrogens with one attached hydrogen (secondary N) is 2. The molecule has 2 N–H and O–H groups in total. The maximum atomic E-state index is 13.5. The molecule has 0 saturated carbocycles. The van der Waals surface area contributed by atoms with E-state index in [9.17, 15) is 18.8 Å². The lowest BCUT2D eigenvalue weighted by atomic mass is 9.88. The van der Waals surface area contributed by atoms with Gasteiger partial charge in [0.1, 0.15) is 18.0 Å². The number of aryl methyl sites for hydroxylation is 3. The molecule has 34 heavy (non-hydrogen) atoms. The minimum absolute atomic E-state index is 0.154. The summed E-state index contributed by atoms with van der Waals surface area (Å²) in [6.45, 7) is 5.72. The number of benzene rings is 1. The number of halogens is 1. The number of carbonyl (C=O) groups is 2. The highest BCUT2D eigenvalue weighted by Crippen LogP contribution is 2.26. The van der Waals surface area contributed by atoms with Gasteiger partial charge in [0.2, 0.25) is 11.8 Å². The highest BCUT2D eigenvalue weighted by atomic mass is 19.1. The number of fused-ring (bicyclic) bond motifs is 1. The SMILES string of the molecule is Cc1ccc(CNC(=O)Cn2c(C)cc3c(c2=O)NC(=O)C(Cc2cccc(F)c2)C3)c(C)n1. The minimum atomic E-state index is -0.407. The van der Waals surface area contributed by atoms with Crippen molar-refractivity contribution < 1.29 is 14.0 Å². The molecule has 176 valence electrons. The second-order valence-electron chi connectivity index (χ2n) is 8.78. The van der Waals surface area contributed by atoms with Crippen LogP contribution in [0, 0.1) is 32.5 Å². The molecule has 8 heteroatoms. The van der Waals surface area contributed by atoms with Crippen LogP contribution in [0.15, 0.2) is 47.3 Å². The first-order valence-electron chi connectivity index (χ1n) is 11.2. The van der Waals surface area contributed by atoms with E-state index in [0.29, 0.717) is 25.1 Å². The highest BCUT2D eigenvalue weighted by molar-refractivity contribution is 5.95. The Morgan fingerprint density at radius 1 is 1.18 bits per heavy atom. The Morgan fingerprint density at radius 2 is 1.97 bits per heavy atom. The average Bonchev–Trinajstić information content (AvgIpc) is 2.77. The Morgan fingerprint density at radius 3 is 2.71 bits per heavy atom. The molecule has 0 bridgehead atoms. The first-order valence-corrected chi connectivity index (χ1v) is 11.2. The topological polar surface area (TPSA) is 93.1 Å². The van der Waals surface area contributed by atoms with Gasteiger partial charge in [0.15, 0.2) is 0 Å². The van der Waals surface area contributed by atoms with Crippen LogP contribution in [0.25, 0.3) is 0 Å². The lowest BCUT2D eigenvalue weighted by Crippen LogP contribution is -2.39. The van der Waals surface area contributed by atoms with Crippen LogP contribution in [0.2, 0.25) is 0 Å². The predicted octanol–water partition coefficient (Wildman–Crippen LogP) is 2.98. The summed E-state index contributed by atoms with van der Waals surface area (Å²) in [5.41, 5.74) is 4.54. The molecule has 1 unspecified atom stereocenters. The van der Waals surface area contributed by atoms with Gasteiger partial charge >= 0.3 is 0 Å². The summed E-state index contributed by atoms with van der Waals surface area (Å²) in [6, 6.07) is 11.8. The molecule has 4 rings (SSSR count). The van der Waals surface area contributed by atoms with Crippen molar-refractivity contribution in [2.75, 3.05) is 5.32 Å². The van der Waals surface area contributed by atoms with Crippen LogP contribution < -0.4 is 16.2 Å². The molecular formula is C26H27FN4O3. The van der Waals surface area contributed by atoms with E-state index in [0.717, 1.165) is 28.1 Å². The molecule has 0 spiro atoms. The lowest BCUT2D eigenvalue weighted by Gasteiger charge is -2.26. The maximum absolute atomic E-state index is 13.5. The highest BCUT2D eigenvalue weighted by Gasteiger charge is 2.29. The molecule has 1 aromatic carbocycles. The first kappa shape index (κ1) is 23.4. The van der Waals surface area contributed by atoms with E-state index in [-0.39, 0.29) is 29.9 Å². The summed E-state index contributed by atoms with van der Waals surface area (Å²) in [4.78, 5) is 42.8. The van der Waals surface area contributed by atoms with E-state index in [4.69, 9.17) is 0 Å². The van der Waals surface area contributed by atoms with Gasteiger partial charge in [-0.05, 0) is 74.6 Å². The van der Waals surface area contributed by atoms with Gasteiger partial charge in [0.25, 0.3) is 5.56 Å². The third-order valence-corrected chi connectivity index (χ3v) is 6.16. The van der Waals surface area contributed by atoms with E-state index < -0.39 is 11.5 Å². The smallest absolute Gasteiger partial charge is 0.275 e. The fraction of sp³-hybridized carbons (Fsp3) is 0.308. The fourth-order valence-corrected chi connectivity index (χ4v) is 4.32. The van der Waals surface area contributed by atoms with Crippen molar-refractivity contribution in [3.05, 3.63) is 92.4 Å². The van der Waals surface area contributed by atoms with Gasteiger partial charge in [-0.25, -0.2) is 4.39 Å². The monoisotopic (exact) mass is 462 g/mol. The second kappa shape index (κ2) is 9.59. The molecule has 3 aromatic rings. The van der Waals surface area contributed by atoms with Crippen molar-refractivity contribution >= 4 is 17.5 Å². The number of amides is 2. The average molecular weight is 463 g/mol. The molecule has 7 nitrogen and oxygen atoms in total. The standard InChI is InChI=1S/C26H27FN4O3/c1-15-7-8-19(17(3)29-15)13-28-23(32)14-31-16(2)9-20-12-21(25(33)30-24(20)26(31)34)10-18-5-4-6-22(27)11-18/h4-9,11,21H,10,12-14H2,1-3H3,(H,28,32)(H,30,33). The summed E-state index contributed by atoms with van der Waals surface area (Å²) < 4.78 is 14.9. The van der Waals surface area contributed by atoms with Gasteiger partial charge in [-0.2, -0.15) is 0 Å². The van der Waals surface area contributed by atoms with Gasteiger partial charge in [-0.1, -0.05) is 18.2 Å². The van der Waals surface area contributed by atoms with Crippen LogP contribution in [-0.2, 0) is 35.5 Å². The molecule has 1 atom stereocenters. The van der Waals surface area contributed by atoms with E-state index in [1.807, 2.05) is 32.0 Å². The van der Waals surface area contributed by atoms with Crippen LogP contribution in [0.3, 0.4) is 0 Å². The van der Waals surface area contributed by atoms with Gasteiger partial charge < -0.3 is 15.2 Å². The number of carbonyl (C=O) groups excluding carboxylic acids is 2. The summed E-state index contributed by atoms with van der Waals surface area (Å²) in [5, 5.41) is 5.55. The molecule has 0 fully saturated rings. The van der Waals surface area contributed by atoms with Crippen molar-refractivity contribution in [3.8, 4) is 0 Å². The number of aromatic nitrogens is 2. The Kier molecular flexibility index (Phi) is 6.58. The van der Waals surface area contributed by atoms with Gasteiger partial charge in [0.05, 0.1) is 0 Å². The zero-order chi connectivity index (χ0) is 24.4. The quantitative estimate of drug-likeness (QED) is 0.589. The van der Waals surface area contributed by atoms with Crippen molar-refractivity contribution in [2.45, 2.75) is 46.7 Å². The zero-order valence-electron chi connectivity index (χ0n) is 19.4. The minimum Gasteiger partial charge on any atom is -0.350 e. The third kappa shape index (κ3) is 5.06. The number of hydrogen-bond acceptors (Lipinski definition) is 4. The first-order chi connectivity index (χ1) is 16.2. The van der Waals surface area contributed by atoms with Gasteiger partial charge in [-0.15, -0.1) is 0 Å². The molecular weight excluding hydrogens is 435 g/mol. The fourth-order valence-electron chi connectivity index (χ4n) is 4.32. The van der Waals surface area contributed by atoms with Crippen molar-refractivity contribution in [3.63, 3.8) is 0 Å². The van der Waals surface area contributed by atoms with Crippen LogP contribution in [0.4, 0.5) is 10.1 Å². The van der Waals surface area contributed by atoms with Gasteiger partial charge in [-0.3, -0.25) is 19.4 Å². The number of nitrogens with zero attached hydrogens (tertiary/aromatic N) is 2. The van der Waals surface area contributed by atoms with Crippen molar-refractivity contribution in [1.29, 1.82) is 0 Å². The number of rotatable bonds is 6. The zero-order valence-corrected chi connectivity index (χ0v) is 19.4. The van der Waals surface area contributed by atoms with E-state index in [1.165, 1.54) is 16.7 Å². The largest absolute Gasteiger partial charge is 0.350 e. The van der Waals surface area contributed by atoms with Crippen molar-refractivity contribution in [2.24, 2.45) is 5.92 Å². The molecule has 0 saturated heterocycles. The normalized spacial score (nSPS) is 14.9. The molecule has 2 amide bonds. The Balaban J connectivity index is 1.48. The summed E-state index contributed by atoms with van der Waals surface area (Å²) in [5.74, 6) is -1.34. The molecule has 3 heterocycles. The van der Waals surface area contributed by atoms with Crippen LogP contribution >= 0.6 is 0 Å². The molecule has 2 aromatic heterocycles. The van der Waals surface area contributed by atoms with Crippen LogP contribution in [0.1, 0.15) is 33.8 Å². The summed E-state index contributed by atoms with van der Waals surface area (Å²) in [7, 11) is 0. The van der Waals surface area contributed by atoms with Crippen LogP contribution in [-0.4, -0.2) is 21.4 Å². The van der Waals surface area contributed by atoms with E-state index in [2.05, 4.69) is 15.6 Å². The van der Waals surface area contributed by atoms with Crippen molar-refractivity contribution in [1.82, 2.24) is 14.9 Å².